The number of rotatable bonds is 2. The molecule has 1 aromatic carbocycles. The summed E-state index contributed by atoms with van der Waals surface area (Å²) >= 11 is 0. The third-order valence-corrected chi connectivity index (χ3v) is 2.58. The van der Waals surface area contributed by atoms with E-state index < -0.39 is 11.2 Å². The Morgan fingerprint density at radius 1 is 1.24 bits per heavy atom. The molecule has 1 amide bonds. The maximum absolute atomic E-state index is 12.0. The van der Waals surface area contributed by atoms with E-state index in [1.165, 1.54) is 0 Å². The molecule has 2 rings (SSSR count). The van der Waals surface area contributed by atoms with Crippen LogP contribution in [0.1, 0.15) is 33.3 Å². The standard InChI is InChI=1S/C13H17NO3/c1-12(2,3)16-17-13(4)9-7-5-6-8-10(9)14-11(13)15/h5-8H,1-4H3,(H,14,15)/t13-/m0/s1. The Bertz CT molecular complexity index is 450. The van der Waals surface area contributed by atoms with Crippen LogP contribution in [0.4, 0.5) is 5.69 Å². The van der Waals surface area contributed by atoms with Gasteiger partial charge in [-0.25, -0.2) is 9.78 Å². The molecule has 1 aliphatic heterocycles. The van der Waals surface area contributed by atoms with Gasteiger partial charge in [-0.05, 0) is 33.8 Å². The first-order chi connectivity index (χ1) is 7.83. The van der Waals surface area contributed by atoms with Crippen molar-refractivity contribution in [3.8, 4) is 0 Å². The largest absolute Gasteiger partial charge is 0.323 e. The Hall–Kier alpha value is -1.39. The summed E-state index contributed by atoms with van der Waals surface area (Å²) in [4.78, 5) is 22.6. The van der Waals surface area contributed by atoms with Crippen molar-refractivity contribution in [2.24, 2.45) is 0 Å². The molecule has 1 aliphatic rings. The molecule has 92 valence electrons. The van der Waals surface area contributed by atoms with Crippen molar-refractivity contribution >= 4 is 11.6 Å². The van der Waals surface area contributed by atoms with E-state index in [1.807, 2.05) is 45.0 Å². The van der Waals surface area contributed by atoms with Crippen molar-refractivity contribution in [2.45, 2.75) is 38.9 Å². The first-order valence-corrected chi connectivity index (χ1v) is 5.61. The van der Waals surface area contributed by atoms with Crippen molar-refractivity contribution in [1.29, 1.82) is 0 Å². The van der Waals surface area contributed by atoms with Gasteiger partial charge in [0.1, 0.15) is 0 Å². The summed E-state index contributed by atoms with van der Waals surface area (Å²) in [5.74, 6) is -0.206. The predicted molar refractivity (Wildman–Crippen MR) is 64.3 cm³/mol. The minimum Gasteiger partial charge on any atom is -0.323 e. The monoisotopic (exact) mass is 235 g/mol. The van der Waals surface area contributed by atoms with Crippen molar-refractivity contribution in [1.82, 2.24) is 0 Å². The number of nitrogens with one attached hydrogen (secondary N) is 1. The second-order valence-electron chi connectivity index (χ2n) is 5.31. The SMILES string of the molecule is CC(C)(C)OO[C@]1(C)C(=O)Nc2ccccc21. The summed E-state index contributed by atoms with van der Waals surface area (Å²) in [7, 11) is 0. The lowest BCUT2D eigenvalue weighted by molar-refractivity contribution is -0.393. The highest BCUT2D eigenvalue weighted by Crippen LogP contribution is 2.39. The molecule has 0 fully saturated rings. The molecule has 4 heteroatoms. The third kappa shape index (κ3) is 2.18. The summed E-state index contributed by atoms with van der Waals surface area (Å²) in [6, 6.07) is 7.45. The van der Waals surface area contributed by atoms with E-state index in [0.29, 0.717) is 0 Å². The number of anilines is 1. The lowest BCUT2D eigenvalue weighted by Gasteiger charge is -2.26. The number of hydrogen-bond donors (Lipinski definition) is 1. The number of para-hydroxylation sites is 1. The number of carbonyl (C=O) groups is 1. The number of carbonyl (C=O) groups excluding carboxylic acids is 1. The zero-order valence-electron chi connectivity index (χ0n) is 10.5. The van der Waals surface area contributed by atoms with Crippen LogP contribution in [0.5, 0.6) is 0 Å². The quantitative estimate of drug-likeness (QED) is 0.633. The van der Waals surface area contributed by atoms with Gasteiger partial charge in [-0.1, -0.05) is 18.2 Å². The van der Waals surface area contributed by atoms with Crippen LogP contribution in [0.3, 0.4) is 0 Å². The normalized spacial score (nSPS) is 23.4. The molecule has 1 N–H and O–H groups in total. The summed E-state index contributed by atoms with van der Waals surface area (Å²) < 4.78 is 0. The Morgan fingerprint density at radius 2 is 1.88 bits per heavy atom. The summed E-state index contributed by atoms with van der Waals surface area (Å²) in [5, 5.41) is 2.78. The van der Waals surface area contributed by atoms with E-state index in [9.17, 15) is 4.79 Å². The average molecular weight is 235 g/mol. The minimum atomic E-state index is -1.08. The van der Waals surface area contributed by atoms with Crippen LogP contribution in [0.25, 0.3) is 0 Å². The van der Waals surface area contributed by atoms with Gasteiger partial charge in [-0.3, -0.25) is 4.79 Å². The van der Waals surface area contributed by atoms with Gasteiger partial charge in [0.15, 0.2) is 0 Å². The summed E-state index contributed by atoms with van der Waals surface area (Å²) in [5.41, 5.74) is 0.0387. The maximum Gasteiger partial charge on any atom is 0.264 e. The summed E-state index contributed by atoms with van der Waals surface area (Å²) in [6.45, 7) is 7.32. The molecule has 0 saturated carbocycles. The van der Waals surface area contributed by atoms with Crippen molar-refractivity contribution in [3.63, 3.8) is 0 Å². The number of amides is 1. The van der Waals surface area contributed by atoms with Crippen LogP contribution >= 0.6 is 0 Å². The van der Waals surface area contributed by atoms with Gasteiger partial charge < -0.3 is 5.32 Å². The van der Waals surface area contributed by atoms with E-state index in [4.69, 9.17) is 9.78 Å². The van der Waals surface area contributed by atoms with E-state index in [0.717, 1.165) is 11.3 Å². The molecule has 0 spiro atoms. The van der Waals surface area contributed by atoms with Crippen molar-refractivity contribution < 1.29 is 14.6 Å². The molecule has 0 saturated heterocycles. The highest BCUT2D eigenvalue weighted by molar-refractivity contribution is 6.04. The molecule has 0 bridgehead atoms. The third-order valence-electron chi connectivity index (χ3n) is 2.58. The number of benzene rings is 1. The second kappa shape index (κ2) is 3.82. The molecule has 17 heavy (non-hydrogen) atoms. The molecule has 0 radical (unpaired) electrons. The van der Waals surface area contributed by atoms with E-state index in [1.54, 1.807) is 6.92 Å². The molecule has 0 unspecified atom stereocenters. The van der Waals surface area contributed by atoms with Crippen molar-refractivity contribution in [2.75, 3.05) is 5.32 Å². The van der Waals surface area contributed by atoms with Gasteiger partial charge >= 0.3 is 0 Å². The molecule has 0 aromatic heterocycles. The molecular weight excluding hydrogens is 218 g/mol. The molecule has 1 atom stereocenters. The van der Waals surface area contributed by atoms with Gasteiger partial charge in [-0.15, -0.1) is 0 Å². The van der Waals surface area contributed by atoms with Gasteiger partial charge in [0, 0.05) is 11.3 Å². The van der Waals surface area contributed by atoms with E-state index >= 15 is 0 Å². The molecule has 0 aliphatic carbocycles. The summed E-state index contributed by atoms with van der Waals surface area (Å²) in [6.07, 6.45) is 0. The Labute approximate surface area is 101 Å². The zero-order valence-corrected chi connectivity index (χ0v) is 10.5. The van der Waals surface area contributed by atoms with Crippen LogP contribution in [-0.2, 0) is 20.2 Å². The lowest BCUT2D eigenvalue weighted by Crippen LogP contribution is -2.37. The Balaban J connectivity index is 2.28. The lowest BCUT2D eigenvalue weighted by atomic mass is 9.98. The Kier molecular flexibility index (Phi) is 2.72. The van der Waals surface area contributed by atoms with Crippen molar-refractivity contribution in [3.05, 3.63) is 29.8 Å². The first-order valence-electron chi connectivity index (χ1n) is 5.61. The first kappa shape index (κ1) is 12.1. The van der Waals surface area contributed by atoms with Gasteiger partial charge in [0.25, 0.3) is 5.91 Å². The van der Waals surface area contributed by atoms with Crippen LogP contribution in [0, 0.1) is 0 Å². The molecular formula is C13H17NO3. The predicted octanol–water partition coefficient (Wildman–Crippen LogP) is 2.60. The molecule has 4 nitrogen and oxygen atoms in total. The second-order valence-corrected chi connectivity index (χ2v) is 5.31. The number of hydrogen-bond acceptors (Lipinski definition) is 3. The van der Waals surface area contributed by atoms with Gasteiger partial charge in [-0.2, -0.15) is 0 Å². The van der Waals surface area contributed by atoms with Crippen LogP contribution in [0.2, 0.25) is 0 Å². The van der Waals surface area contributed by atoms with Crippen LogP contribution < -0.4 is 5.32 Å². The molecule has 1 aromatic rings. The van der Waals surface area contributed by atoms with Gasteiger partial charge in [0.05, 0.1) is 5.60 Å². The van der Waals surface area contributed by atoms with E-state index in [2.05, 4.69) is 5.32 Å². The zero-order chi connectivity index (χ0) is 12.7. The highest BCUT2D eigenvalue weighted by Gasteiger charge is 2.45. The average Bonchev–Trinajstić information content (AvgIpc) is 2.49. The fourth-order valence-corrected chi connectivity index (χ4v) is 1.66. The van der Waals surface area contributed by atoms with Gasteiger partial charge in [0.2, 0.25) is 5.60 Å². The maximum atomic E-state index is 12.0. The smallest absolute Gasteiger partial charge is 0.264 e. The number of fused-ring (bicyclic) bond motifs is 1. The van der Waals surface area contributed by atoms with E-state index in [-0.39, 0.29) is 5.91 Å². The fourth-order valence-electron chi connectivity index (χ4n) is 1.66. The molecule has 1 heterocycles. The van der Waals surface area contributed by atoms with Crippen LogP contribution in [-0.4, -0.2) is 11.5 Å². The Morgan fingerprint density at radius 3 is 2.53 bits per heavy atom. The minimum absolute atomic E-state index is 0.206. The van der Waals surface area contributed by atoms with Crippen LogP contribution in [0.15, 0.2) is 24.3 Å². The topological polar surface area (TPSA) is 47.6 Å². The fraction of sp³-hybridized carbons (Fsp3) is 0.462. The highest BCUT2D eigenvalue weighted by atomic mass is 17.2.